The minimum atomic E-state index is -0.139. The highest BCUT2D eigenvalue weighted by Crippen LogP contribution is 2.08. The Bertz CT molecular complexity index is 269. The van der Waals surface area contributed by atoms with E-state index in [1.807, 2.05) is 17.8 Å². The number of imidazole rings is 1. The molecule has 0 aliphatic rings. The molecule has 1 heterocycles. The zero-order valence-electron chi connectivity index (χ0n) is 6.49. The molecule has 0 aromatic carbocycles. The average molecular weight is 149 g/mol. The maximum absolute atomic E-state index is 5.72. The van der Waals surface area contributed by atoms with Crippen molar-refractivity contribution in [2.75, 3.05) is 0 Å². The largest absolute Gasteiger partial charge is 0.337 e. The fourth-order valence-corrected chi connectivity index (χ4v) is 0.953. The summed E-state index contributed by atoms with van der Waals surface area (Å²) in [7, 11) is 1.90. The van der Waals surface area contributed by atoms with Gasteiger partial charge in [-0.3, -0.25) is 0 Å². The Kier molecular flexibility index (Phi) is 2.29. The van der Waals surface area contributed by atoms with E-state index in [0.29, 0.717) is 6.42 Å². The van der Waals surface area contributed by atoms with Crippen molar-refractivity contribution in [3.63, 3.8) is 0 Å². The maximum Gasteiger partial charge on any atom is 0.126 e. The van der Waals surface area contributed by atoms with Gasteiger partial charge in [-0.05, 0) is 0 Å². The highest BCUT2D eigenvalue weighted by Gasteiger charge is 2.07. The van der Waals surface area contributed by atoms with Crippen molar-refractivity contribution in [2.24, 2.45) is 12.8 Å². The van der Waals surface area contributed by atoms with Crippen LogP contribution in [0.5, 0.6) is 0 Å². The molecule has 0 fully saturated rings. The van der Waals surface area contributed by atoms with Crippen molar-refractivity contribution in [1.82, 2.24) is 9.55 Å². The predicted octanol–water partition coefficient (Wildman–Crippen LogP) is 0.443. The van der Waals surface area contributed by atoms with Crippen LogP contribution in [-0.4, -0.2) is 9.55 Å². The third-order valence-electron chi connectivity index (χ3n) is 1.53. The molecule has 0 amide bonds. The Morgan fingerprint density at radius 3 is 3.09 bits per heavy atom. The number of hydrogen-bond donors (Lipinski definition) is 1. The van der Waals surface area contributed by atoms with Crippen molar-refractivity contribution in [3.05, 3.63) is 18.2 Å². The van der Waals surface area contributed by atoms with Crippen LogP contribution in [0.1, 0.15) is 18.3 Å². The number of nitrogens with two attached hydrogens (primary N) is 1. The SMILES string of the molecule is C#CCC(N)c1nccn1C. The van der Waals surface area contributed by atoms with Crippen LogP contribution in [-0.2, 0) is 7.05 Å². The second kappa shape index (κ2) is 3.22. The Balaban J connectivity index is 2.77. The topological polar surface area (TPSA) is 43.8 Å². The summed E-state index contributed by atoms with van der Waals surface area (Å²) in [5.41, 5.74) is 5.72. The van der Waals surface area contributed by atoms with E-state index in [0.717, 1.165) is 5.82 Å². The smallest absolute Gasteiger partial charge is 0.126 e. The quantitative estimate of drug-likeness (QED) is 0.620. The lowest BCUT2D eigenvalue weighted by atomic mass is 10.2. The van der Waals surface area contributed by atoms with Crippen LogP contribution in [0.4, 0.5) is 0 Å². The summed E-state index contributed by atoms with van der Waals surface area (Å²) in [6.07, 6.45) is 9.22. The molecule has 11 heavy (non-hydrogen) atoms. The van der Waals surface area contributed by atoms with E-state index >= 15 is 0 Å². The predicted molar refractivity (Wildman–Crippen MR) is 43.6 cm³/mol. The summed E-state index contributed by atoms with van der Waals surface area (Å²) in [4.78, 5) is 4.08. The lowest BCUT2D eigenvalue weighted by molar-refractivity contribution is 0.651. The minimum Gasteiger partial charge on any atom is -0.337 e. The maximum atomic E-state index is 5.72. The molecule has 1 unspecified atom stereocenters. The molecule has 1 atom stereocenters. The fourth-order valence-electron chi connectivity index (χ4n) is 0.953. The molecule has 0 radical (unpaired) electrons. The first-order valence-electron chi connectivity index (χ1n) is 3.42. The van der Waals surface area contributed by atoms with Crippen molar-refractivity contribution in [1.29, 1.82) is 0 Å². The first kappa shape index (κ1) is 7.83. The van der Waals surface area contributed by atoms with E-state index in [1.165, 1.54) is 0 Å². The molecule has 1 aromatic rings. The zero-order chi connectivity index (χ0) is 8.27. The van der Waals surface area contributed by atoms with E-state index < -0.39 is 0 Å². The molecule has 0 aliphatic heterocycles. The third-order valence-corrected chi connectivity index (χ3v) is 1.53. The Morgan fingerprint density at radius 1 is 1.91 bits per heavy atom. The molecule has 0 saturated carbocycles. The first-order chi connectivity index (χ1) is 5.25. The summed E-state index contributed by atoms with van der Waals surface area (Å²) >= 11 is 0. The molecular formula is C8H11N3. The lowest BCUT2D eigenvalue weighted by Crippen LogP contribution is -2.14. The van der Waals surface area contributed by atoms with Crippen LogP contribution >= 0.6 is 0 Å². The normalized spacial score (nSPS) is 12.5. The summed E-state index contributed by atoms with van der Waals surface area (Å²) in [5, 5.41) is 0. The van der Waals surface area contributed by atoms with Gasteiger partial charge >= 0.3 is 0 Å². The van der Waals surface area contributed by atoms with E-state index in [9.17, 15) is 0 Å². The highest BCUT2D eigenvalue weighted by atomic mass is 15.1. The van der Waals surface area contributed by atoms with Gasteiger partial charge < -0.3 is 10.3 Å². The number of nitrogens with zero attached hydrogens (tertiary/aromatic N) is 2. The van der Waals surface area contributed by atoms with Gasteiger partial charge in [-0.15, -0.1) is 12.3 Å². The molecule has 2 N–H and O–H groups in total. The van der Waals surface area contributed by atoms with Crippen molar-refractivity contribution in [2.45, 2.75) is 12.5 Å². The zero-order valence-corrected chi connectivity index (χ0v) is 6.49. The molecule has 0 spiro atoms. The van der Waals surface area contributed by atoms with Gasteiger partial charge in [0.25, 0.3) is 0 Å². The highest BCUT2D eigenvalue weighted by molar-refractivity contribution is 5.02. The fraction of sp³-hybridized carbons (Fsp3) is 0.375. The molecule has 3 nitrogen and oxygen atoms in total. The monoisotopic (exact) mass is 149 g/mol. The van der Waals surface area contributed by atoms with Crippen LogP contribution in [0.25, 0.3) is 0 Å². The van der Waals surface area contributed by atoms with Crippen molar-refractivity contribution >= 4 is 0 Å². The molecular weight excluding hydrogens is 138 g/mol. The molecule has 1 aromatic heterocycles. The molecule has 0 aliphatic carbocycles. The molecule has 0 bridgehead atoms. The number of rotatable bonds is 2. The summed E-state index contributed by atoms with van der Waals surface area (Å²) in [5.74, 6) is 3.34. The molecule has 3 heteroatoms. The van der Waals surface area contributed by atoms with Gasteiger partial charge in [0.1, 0.15) is 5.82 Å². The van der Waals surface area contributed by atoms with Crippen LogP contribution in [0.3, 0.4) is 0 Å². The Morgan fingerprint density at radius 2 is 2.64 bits per heavy atom. The Hall–Kier alpha value is -1.27. The van der Waals surface area contributed by atoms with Gasteiger partial charge in [0, 0.05) is 25.9 Å². The van der Waals surface area contributed by atoms with Gasteiger partial charge in [0.15, 0.2) is 0 Å². The van der Waals surface area contributed by atoms with Crippen LogP contribution in [0, 0.1) is 12.3 Å². The van der Waals surface area contributed by atoms with Crippen molar-refractivity contribution < 1.29 is 0 Å². The van der Waals surface area contributed by atoms with Crippen LogP contribution < -0.4 is 5.73 Å². The van der Waals surface area contributed by atoms with Gasteiger partial charge in [-0.1, -0.05) is 0 Å². The number of aryl methyl sites for hydroxylation is 1. The molecule has 0 saturated heterocycles. The Labute approximate surface area is 66.2 Å². The lowest BCUT2D eigenvalue weighted by Gasteiger charge is -2.06. The number of hydrogen-bond acceptors (Lipinski definition) is 2. The summed E-state index contributed by atoms with van der Waals surface area (Å²) < 4.78 is 1.88. The van der Waals surface area contributed by atoms with Crippen LogP contribution in [0.2, 0.25) is 0 Å². The molecule has 58 valence electrons. The average Bonchev–Trinajstić information content (AvgIpc) is 2.36. The van der Waals surface area contributed by atoms with Gasteiger partial charge in [-0.25, -0.2) is 4.98 Å². The van der Waals surface area contributed by atoms with E-state index in [4.69, 9.17) is 12.2 Å². The number of aromatic nitrogens is 2. The second-order valence-electron chi connectivity index (χ2n) is 2.41. The molecule has 1 rings (SSSR count). The van der Waals surface area contributed by atoms with Gasteiger partial charge in [-0.2, -0.15) is 0 Å². The first-order valence-corrected chi connectivity index (χ1v) is 3.42. The minimum absolute atomic E-state index is 0.139. The summed E-state index contributed by atoms with van der Waals surface area (Å²) in [6.45, 7) is 0. The summed E-state index contributed by atoms with van der Waals surface area (Å²) in [6, 6.07) is -0.139. The van der Waals surface area contributed by atoms with E-state index in [1.54, 1.807) is 6.20 Å². The van der Waals surface area contributed by atoms with Gasteiger partial charge in [0.05, 0.1) is 6.04 Å². The van der Waals surface area contributed by atoms with Gasteiger partial charge in [0.2, 0.25) is 0 Å². The number of terminal acetylenes is 1. The second-order valence-corrected chi connectivity index (χ2v) is 2.41. The third kappa shape index (κ3) is 1.60. The van der Waals surface area contributed by atoms with E-state index in [2.05, 4.69) is 10.9 Å². The van der Waals surface area contributed by atoms with E-state index in [-0.39, 0.29) is 6.04 Å². The van der Waals surface area contributed by atoms with Crippen molar-refractivity contribution in [3.8, 4) is 12.3 Å². The van der Waals surface area contributed by atoms with Crippen LogP contribution in [0.15, 0.2) is 12.4 Å². The standard InChI is InChI=1S/C8H11N3/c1-3-4-7(9)8-10-5-6-11(8)2/h1,5-7H,4,9H2,2H3.